The monoisotopic (exact) mass is 472 g/mol. The lowest BCUT2D eigenvalue weighted by Gasteiger charge is -2.36. The fourth-order valence-electron chi connectivity index (χ4n) is 3.66. The third-order valence-electron chi connectivity index (χ3n) is 5.38. The van der Waals surface area contributed by atoms with Gasteiger partial charge >= 0.3 is 6.18 Å². The highest BCUT2D eigenvalue weighted by molar-refractivity contribution is 5.94. The summed E-state index contributed by atoms with van der Waals surface area (Å²) in [7, 11) is 0. The van der Waals surface area contributed by atoms with Crippen molar-refractivity contribution in [3.05, 3.63) is 88.2 Å². The van der Waals surface area contributed by atoms with Gasteiger partial charge in [-0.1, -0.05) is 0 Å². The molecular weight excluding hydrogens is 453 g/mol. The number of hydrogen-bond donors (Lipinski definition) is 0. The molecular formula is C23H19F3N4O4. The number of benzene rings is 2. The number of nitro benzene ring substituents is 1. The molecule has 0 atom stereocenters. The molecule has 0 unspecified atom stereocenters. The normalized spacial score (nSPS) is 14.1. The molecule has 0 spiro atoms. The quantitative estimate of drug-likeness (QED) is 0.393. The van der Waals surface area contributed by atoms with Crippen LogP contribution >= 0.6 is 0 Å². The van der Waals surface area contributed by atoms with Crippen LogP contribution in [0.15, 0.2) is 67.0 Å². The van der Waals surface area contributed by atoms with Gasteiger partial charge in [0, 0.05) is 44.0 Å². The summed E-state index contributed by atoms with van der Waals surface area (Å²) in [4.78, 5) is 30.6. The molecule has 176 valence electrons. The Morgan fingerprint density at radius 2 is 1.71 bits per heavy atom. The van der Waals surface area contributed by atoms with Gasteiger partial charge in [-0.3, -0.25) is 19.9 Å². The number of ether oxygens (including phenoxy) is 1. The van der Waals surface area contributed by atoms with Crippen LogP contribution < -0.4 is 9.64 Å². The van der Waals surface area contributed by atoms with Crippen molar-refractivity contribution in [3.63, 3.8) is 0 Å². The van der Waals surface area contributed by atoms with Gasteiger partial charge in [0.25, 0.3) is 11.6 Å². The van der Waals surface area contributed by atoms with Crippen LogP contribution in [-0.2, 0) is 6.18 Å². The highest BCUT2D eigenvalue weighted by Gasteiger charge is 2.34. The minimum absolute atomic E-state index is 0.0991. The van der Waals surface area contributed by atoms with Crippen molar-refractivity contribution in [2.24, 2.45) is 0 Å². The second kappa shape index (κ2) is 9.38. The van der Waals surface area contributed by atoms with Gasteiger partial charge in [0.15, 0.2) is 0 Å². The average Bonchev–Trinajstić information content (AvgIpc) is 2.84. The van der Waals surface area contributed by atoms with Gasteiger partial charge in [-0.25, -0.2) is 0 Å². The molecule has 34 heavy (non-hydrogen) atoms. The third kappa shape index (κ3) is 5.08. The van der Waals surface area contributed by atoms with Crippen LogP contribution in [0, 0.1) is 10.1 Å². The molecule has 1 aromatic heterocycles. The van der Waals surface area contributed by atoms with E-state index in [1.54, 1.807) is 58.6 Å². The van der Waals surface area contributed by atoms with E-state index < -0.39 is 22.4 Å². The van der Waals surface area contributed by atoms with Crippen molar-refractivity contribution in [1.82, 2.24) is 9.88 Å². The minimum atomic E-state index is -4.67. The van der Waals surface area contributed by atoms with Gasteiger partial charge in [0.05, 0.1) is 16.7 Å². The zero-order valence-electron chi connectivity index (χ0n) is 17.7. The fraction of sp³-hybridized carbons (Fsp3) is 0.217. The first-order valence-electron chi connectivity index (χ1n) is 10.3. The van der Waals surface area contributed by atoms with Gasteiger partial charge in [-0.15, -0.1) is 0 Å². The molecule has 0 N–H and O–H groups in total. The van der Waals surface area contributed by atoms with E-state index in [1.807, 2.05) is 0 Å². The van der Waals surface area contributed by atoms with E-state index in [0.29, 0.717) is 23.1 Å². The molecule has 0 radical (unpaired) electrons. The number of aromatic nitrogens is 1. The van der Waals surface area contributed by atoms with Gasteiger partial charge in [0.2, 0.25) is 0 Å². The second-order valence-electron chi connectivity index (χ2n) is 7.55. The Bertz CT molecular complexity index is 1180. The lowest BCUT2D eigenvalue weighted by molar-refractivity contribution is -0.384. The Morgan fingerprint density at radius 3 is 2.29 bits per heavy atom. The zero-order valence-corrected chi connectivity index (χ0v) is 17.7. The number of alkyl halides is 3. The predicted molar refractivity (Wildman–Crippen MR) is 117 cm³/mol. The molecule has 8 nitrogen and oxygen atoms in total. The number of rotatable bonds is 5. The first-order valence-corrected chi connectivity index (χ1v) is 10.3. The molecule has 1 aliphatic rings. The number of amides is 1. The van der Waals surface area contributed by atoms with Gasteiger partial charge in [-0.2, -0.15) is 13.2 Å². The van der Waals surface area contributed by atoms with Crippen molar-refractivity contribution in [3.8, 4) is 11.5 Å². The highest BCUT2D eigenvalue weighted by atomic mass is 19.4. The van der Waals surface area contributed by atoms with Crippen LogP contribution in [0.5, 0.6) is 11.5 Å². The maximum Gasteiger partial charge on any atom is 0.416 e. The van der Waals surface area contributed by atoms with E-state index in [0.717, 1.165) is 12.1 Å². The largest absolute Gasteiger partial charge is 0.456 e. The standard InChI is InChI=1S/C23H19F3N4O4/c24-23(25,26)17-5-8-20(21(14-17)30(32)33)28-10-12-29(13-11-28)22(31)16-3-6-18(7-4-16)34-19-2-1-9-27-15-19/h1-9,14-15H,10-13H2. The number of carbonyl (C=O) groups excluding carboxylic acids is 1. The number of piperazine rings is 1. The average molecular weight is 472 g/mol. The number of halogens is 3. The molecule has 4 rings (SSSR count). The molecule has 1 amide bonds. The first kappa shape index (κ1) is 23.0. The molecule has 1 fully saturated rings. The van der Waals surface area contributed by atoms with Crippen LogP contribution in [0.25, 0.3) is 0 Å². The van der Waals surface area contributed by atoms with E-state index in [2.05, 4.69) is 4.98 Å². The Kier molecular flexibility index (Phi) is 6.35. The number of nitro groups is 1. The summed E-state index contributed by atoms with van der Waals surface area (Å²) in [6, 6.07) is 12.6. The molecule has 0 bridgehead atoms. The van der Waals surface area contributed by atoms with Crippen LogP contribution in [0.2, 0.25) is 0 Å². The van der Waals surface area contributed by atoms with Gasteiger partial charge in [-0.05, 0) is 48.5 Å². The maximum atomic E-state index is 12.9. The summed E-state index contributed by atoms with van der Waals surface area (Å²) in [5.41, 5.74) is -1.14. The van der Waals surface area contributed by atoms with Crippen molar-refractivity contribution in [1.29, 1.82) is 0 Å². The van der Waals surface area contributed by atoms with E-state index in [4.69, 9.17) is 4.74 Å². The summed E-state index contributed by atoms with van der Waals surface area (Å²) < 4.78 is 44.5. The topological polar surface area (TPSA) is 88.8 Å². The minimum Gasteiger partial charge on any atom is -0.456 e. The fourth-order valence-corrected chi connectivity index (χ4v) is 3.66. The Morgan fingerprint density at radius 1 is 1.00 bits per heavy atom. The SMILES string of the molecule is O=C(c1ccc(Oc2cccnc2)cc1)N1CCN(c2ccc(C(F)(F)F)cc2[N+](=O)[O-])CC1. The van der Waals surface area contributed by atoms with Crippen molar-refractivity contribution >= 4 is 17.3 Å². The number of carbonyl (C=O) groups is 1. The van der Waals surface area contributed by atoms with Crippen LogP contribution in [-0.4, -0.2) is 46.9 Å². The van der Waals surface area contributed by atoms with E-state index in [1.165, 1.54) is 0 Å². The smallest absolute Gasteiger partial charge is 0.416 e. The maximum absolute atomic E-state index is 12.9. The summed E-state index contributed by atoms with van der Waals surface area (Å²) in [6.45, 7) is 1.04. The van der Waals surface area contributed by atoms with Crippen molar-refractivity contribution in [2.75, 3.05) is 31.1 Å². The molecule has 2 aromatic carbocycles. The lowest BCUT2D eigenvalue weighted by Crippen LogP contribution is -2.49. The van der Waals surface area contributed by atoms with Gasteiger partial charge < -0.3 is 14.5 Å². The molecule has 3 aromatic rings. The van der Waals surface area contributed by atoms with Crippen molar-refractivity contribution in [2.45, 2.75) is 6.18 Å². The molecule has 2 heterocycles. The third-order valence-corrected chi connectivity index (χ3v) is 5.38. The van der Waals surface area contributed by atoms with E-state index >= 15 is 0 Å². The Hall–Kier alpha value is -4.15. The predicted octanol–water partition coefficient (Wildman–Crippen LogP) is 4.76. The van der Waals surface area contributed by atoms with Crippen LogP contribution in [0.1, 0.15) is 15.9 Å². The van der Waals surface area contributed by atoms with Gasteiger partial charge in [0.1, 0.15) is 17.2 Å². The summed E-state index contributed by atoms with van der Waals surface area (Å²) in [5, 5.41) is 11.4. The molecule has 1 saturated heterocycles. The summed E-state index contributed by atoms with van der Waals surface area (Å²) >= 11 is 0. The lowest BCUT2D eigenvalue weighted by atomic mass is 10.1. The first-order chi connectivity index (χ1) is 16.2. The van der Waals surface area contributed by atoms with E-state index in [9.17, 15) is 28.1 Å². The summed E-state index contributed by atoms with van der Waals surface area (Å²) in [6.07, 6.45) is -1.48. The van der Waals surface area contributed by atoms with Crippen molar-refractivity contribution < 1.29 is 27.6 Å². The number of pyridine rings is 1. The Labute approximate surface area is 192 Å². The van der Waals surface area contributed by atoms with Crippen LogP contribution in [0.4, 0.5) is 24.5 Å². The van der Waals surface area contributed by atoms with E-state index in [-0.39, 0.29) is 37.8 Å². The van der Waals surface area contributed by atoms with Crippen LogP contribution in [0.3, 0.4) is 0 Å². The number of nitrogens with zero attached hydrogens (tertiary/aromatic N) is 4. The molecule has 0 saturated carbocycles. The molecule has 11 heteroatoms. The zero-order chi connectivity index (χ0) is 24.3. The second-order valence-corrected chi connectivity index (χ2v) is 7.55. The molecule has 1 aliphatic heterocycles. The Balaban J connectivity index is 1.41. The number of anilines is 1. The highest BCUT2D eigenvalue weighted by Crippen LogP contribution is 2.36. The molecule has 0 aliphatic carbocycles. The number of hydrogen-bond acceptors (Lipinski definition) is 6. The summed E-state index contributed by atoms with van der Waals surface area (Å²) in [5.74, 6) is 0.897.